The Hall–Kier alpha value is -2.60. The molecular formula is C20H34N6O5S. The van der Waals surface area contributed by atoms with Gasteiger partial charge in [-0.25, -0.2) is 9.78 Å². The Kier molecular flexibility index (Phi) is 11.8. The fourth-order valence-electron chi connectivity index (χ4n) is 2.84. The van der Waals surface area contributed by atoms with Crippen LogP contribution in [0.3, 0.4) is 0 Å². The van der Waals surface area contributed by atoms with E-state index in [0.29, 0.717) is 24.3 Å². The molecule has 1 aromatic heterocycles. The Morgan fingerprint density at radius 1 is 1.12 bits per heavy atom. The molecule has 5 unspecified atom stereocenters. The number of aromatic amines is 1. The standard InChI is InChI=1S/C20H34N6O5S/c1-5-11(2)16(20(30)31)26-18(28)14(6-7-32-4)24-19(29)15(25-17(27)12(3)21)8-13-9-22-10-23-13/h9-12,14-16H,5-8,21H2,1-4H3,(H,22,23)(H,24,29)(H,25,27)(H,26,28)(H,30,31). The molecule has 180 valence electrons. The van der Waals surface area contributed by atoms with Gasteiger partial charge in [0.15, 0.2) is 0 Å². The molecule has 1 aromatic rings. The molecule has 0 saturated carbocycles. The van der Waals surface area contributed by atoms with Gasteiger partial charge in [0.25, 0.3) is 0 Å². The van der Waals surface area contributed by atoms with Gasteiger partial charge in [0, 0.05) is 18.3 Å². The second kappa shape index (κ2) is 13.7. The summed E-state index contributed by atoms with van der Waals surface area (Å²) in [6.07, 6.45) is 5.82. The van der Waals surface area contributed by atoms with E-state index in [9.17, 15) is 24.3 Å². The quantitative estimate of drug-likeness (QED) is 0.213. The first kappa shape index (κ1) is 27.4. The Bertz CT molecular complexity index is 758. The van der Waals surface area contributed by atoms with E-state index < -0.39 is 47.9 Å². The van der Waals surface area contributed by atoms with E-state index in [2.05, 4.69) is 25.9 Å². The number of carboxylic acids is 1. The van der Waals surface area contributed by atoms with Crippen LogP contribution in [0.25, 0.3) is 0 Å². The number of hydrogen-bond acceptors (Lipinski definition) is 7. The van der Waals surface area contributed by atoms with Gasteiger partial charge < -0.3 is 31.8 Å². The third-order valence-electron chi connectivity index (χ3n) is 5.05. The van der Waals surface area contributed by atoms with E-state index in [1.165, 1.54) is 31.2 Å². The van der Waals surface area contributed by atoms with E-state index in [1.54, 1.807) is 6.92 Å². The first-order chi connectivity index (χ1) is 15.1. The van der Waals surface area contributed by atoms with Crippen LogP contribution in [0.1, 0.15) is 39.3 Å². The van der Waals surface area contributed by atoms with Crippen LogP contribution in [-0.4, -0.2) is 74.9 Å². The summed E-state index contributed by atoms with van der Waals surface area (Å²) in [5.41, 5.74) is 6.23. The van der Waals surface area contributed by atoms with Crippen molar-refractivity contribution in [2.45, 2.75) is 64.2 Å². The highest BCUT2D eigenvalue weighted by atomic mass is 32.2. The number of nitrogens with zero attached hydrogens (tertiary/aromatic N) is 1. The van der Waals surface area contributed by atoms with Crippen molar-refractivity contribution in [2.24, 2.45) is 11.7 Å². The smallest absolute Gasteiger partial charge is 0.326 e. The van der Waals surface area contributed by atoms with Crippen molar-refractivity contribution in [3.63, 3.8) is 0 Å². The van der Waals surface area contributed by atoms with Gasteiger partial charge in [-0.15, -0.1) is 0 Å². The molecule has 1 heterocycles. The summed E-state index contributed by atoms with van der Waals surface area (Å²) in [7, 11) is 0. The lowest BCUT2D eigenvalue weighted by Crippen LogP contribution is -2.58. The van der Waals surface area contributed by atoms with Gasteiger partial charge in [0.1, 0.15) is 18.1 Å². The van der Waals surface area contributed by atoms with Crippen molar-refractivity contribution in [1.82, 2.24) is 25.9 Å². The zero-order chi connectivity index (χ0) is 24.3. The number of H-pyrrole nitrogens is 1. The van der Waals surface area contributed by atoms with Crippen LogP contribution >= 0.6 is 11.8 Å². The third-order valence-corrected chi connectivity index (χ3v) is 5.69. The highest BCUT2D eigenvalue weighted by Crippen LogP contribution is 2.10. The van der Waals surface area contributed by atoms with Crippen molar-refractivity contribution in [2.75, 3.05) is 12.0 Å². The van der Waals surface area contributed by atoms with Crippen LogP contribution in [0.2, 0.25) is 0 Å². The van der Waals surface area contributed by atoms with Gasteiger partial charge in [0.05, 0.1) is 12.4 Å². The van der Waals surface area contributed by atoms with Crippen LogP contribution < -0.4 is 21.7 Å². The lowest BCUT2D eigenvalue weighted by atomic mass is 9.98. The molecule has 0 saturated heterocycles. The Balaban J connectivity index is 3.00. The molecule has 0 fully saturated rings. The van der Waals surface area contributed by atoms with Crippen LogP contribution in [0, 0.1) is 5.92 Å². The lowest BCUT2D eigenvalue weighted by molar-refractivity contribution is -0.143. The van der Waals surface area contributed by atoms with Crippen molar-refractivity contribution in [3.05, 3.63) is 18.2 Å². The molecule has 7 N–H and O–H groups in total. The van der Waals surface area contributed by atoms with Crippen molar-refractivity contribution >= 4 is 35.5 Å². The highest BCUT2D eigenvalue weighted by Gasteiger charge is 2.31. The molecule has 3 amide bonds. The number of carboxylic acid groups (broad SMARTS) is 1. The molecule has 5 atom stereocenters. The zero-order valence-corrected chi connectivity index (χ0v) is 19.7. The van der Waals surface area contributed by atoms with E-state index in [0.717, 1.165) is 0 Å². The summed E-state index contributed by atoms with van der Waals surface area (Å²) >= 11 is 1.49. The largest absolute Gasteiger partial charge is 0.480 e. The zero-order valence-electron chi connectivity index (χ0n) is 18.9. The fourth-order valence-corrected chi connectivity index (χ4v) is 3.31. The minimum atomic E-state index is -1.14. The lowest BCUT2D eigenvalue weighted by Gasteiger charge is -2.26. The number of imidazole rings is 1. The maximum absolute atomic E-state index is 13.0. The average Bonchev–Trinajstić information content (AvgIpc) is 3.26. The molecule has 0 aliphatic heterocycles. The number of nitrogens with two attached hydrogens (primary N) is 1. The number of aromatic nitrogens is 2. The van der Waals surface area contributed by atoms with Gasteiger partial charge in [0.2, 0.25) is 17.7 Å². The summed E-state index contributed by atoms with van der Waals surface area (Å²) in [6, 6.07) is -3.85. The van der Waals surface area contributed by atoms with Crippen LogP contribution in [-0.2, 0) is 25.6 Å². The molecule has 32 heavy (non-hydrogen) atoms. The summed E-state index contributed by atoms with van der Waals surface area (Å²) in [6.45, 7) is 5.07. The molecule has 0 bridgehead atoms. The molecule has 0 aliphatic carbocycles. The summed E-state index contributed by atoms with van der Waals surface area (Å²) in [5.74, 6) is -2.53. The van der Waals surface area contributed by atoms with Gasteiger partial charge in [-0.05, 0) is 31.3 Å². The number of carbonyl (C=O) groups excluding carboxylic acids is 3. The molecule has 0 radical (unpaired) electrons. The Labute approximate surface area is 192 Å². The van der Waals surface area contributed by atoms with E-state index in [-0.39, 0.29) is 12.3 Å². The molecule has 12 heteroatoms. The Morgan fingerprint density at radius 3 is 2.25 bits per heavy atom. The number of aliphatic carboxylic acids is 1. The average molecular weight is 471 g/mol. The number of hydrogen-bond donors (Lipinski definition) is 6. The second-order valence-electron chi connectivity index (χ2n) is 7.68. The molecule has 0 aromatic carbocycles. The van der Waals surface area contributed by atoms with Gasteiger partial charge in [-0.3, -0.25) is 14.4 Å². The number of thioether (sulfide) groups is 1. The Morgan fingerprint density at radius 2 is 1.75 bits per heavy atom. The topological polar surface area (TPSA) is 179 Å². The maximum atomic E-state index is 13.0. The number of rotatable bonds is 14. The van der Waals surface area contributed by atoms with Crippen molar-refractivity contribution in [3.8, 4) is 0 Å². The molecule has 11 nitrogen and oxygen atoms in total. The SMILES string of the molecule is CCC(C)C(NC(=O)C(CCSC)NC(=O)C(Cc1cnc[nH]1)NC(=O)C(C)N)C(=O)O. The number of amides is 3. The molecule has 1 rings (SSSR count). The summed E-state index contributed by atoms with van der Waals surface area (Å²) in [5, 5.41) is 17.3. The predicted octanol–water partition coefficient (Wildman–Crippen LogP) is -0.362. The molecule has 0 aliphatic rings. The van der Waals surface area contributed by atoms with Gasteiger partial charge in [-0.1, -0.05) is 20.3 Å². The first-order valence-electron chi connectivity index (χ1n) is 10.5. The monoisotopic (exact) mass is 470 g/mol. The molecule has 0 spiro atoms. The van der Waals surface area contributed by atoms with E-state index >= 15 is 0 Å². The second-order valence-corrected chi connectivity index (χ2v) is 8.67. The first-order valence-corrected chi connectivity index (χ1v) is 11.9. The van der Waals surface area contributed by atoms with Crippen molar-refractivity contribution in [1.29, 1.82) is 0 Å². The minimum Gasteiger partial charge on any atom is -0.480 e. The van der Waals surface area contributed by atoms with Crippen LogP contribution in [0.5, 0.6) is 0 Å². The number of nitrogens with one attached hydrogen (secondary N) is 4. The van der Waals surface area contributed by atoms with Gasteiger partial charge >= 0.3 is 5.97 Å². The minimum absolute atomic E-state index is 0.117. The third kappa shape index (κ3) is 8.87. The fraction of sp³-hybridized carbons (Fsp3) is 0.650. The van der Waals surface area contributed by atoms with Crippen LogP contribution in [0.15, 0.2) is 12.5 Å². The van der Waals surface area contributed by atoms with Crippen molar-refractivity contribution < 1.29 is 24.3 Å². The normalized spacial score (nSPS) is 15.7. The van der Waals surface area contributed by atoms with Crippen LogP contribution in [0.4, 0.5) is 0 Å². The summed E-state index contributed by atoms with van der Waals surface area (Å²) < 4.78 is 0. The highest BCUT2D eigenvalue weighted by molar-refractivity contribution is 7.98. The molecular weight excluding hydrogens is 436 g/mol. The van der Waals surface area contributed by atoms with Gasteiger partial charge in [-0.2, -0.15) is 11.8 Å². The number of carbonyl (C=O) groups is 4. The summed E-state index contributed by atoms with van der Waals surface area (Å²) in [4.78, 5) is 56.4. The predicted molar refractivity (Wildman–Crippen MR) is 122 cm³/mol. The maximum Gasteiger partial charge on any atom is 0.326 e. The van der Waals surface area contributed by atoms with E-state index in [4.69, 9.17) is 5.73 Å². The van der Waals surface area contributed by atoms with E-state index in [1.807, 2.05) is 13.2 Å².